The van der Waals surface area contributed by atoms with Crippen LogP contribution in [0.1, 0.15) is 38.8 Å². The lowest BCUT2D eigenvalue weighted by Gasteiger charge is -2.26. The molecule has 0 saturated heterocycles. The van der Waals surface area contributed by atoms with E-state index < -0.39 is 0 Å². The van der Waals surface area contributed by atoms with Crippen LogP contribution in [0.25, 0.3) is 0 Å². The predicted octanol–water partition coefficient (Wildman–Crippen LogP) is 2.16. The molecule has 0 bridgehead atoms. The van der Waals surface area contributed by atoms with Crippen molar-refractivity contribution >= 4 is 22.4 Å². The van der Waals surface area contributed by atoms with Gasteiger partial charge in [0.15, 0.2) is 5.13 Å². The summed E-state index contributed by atoms with van der Waals surface area (Å²) < 4.78 is 0. The Kier molecular flexibility index (Phi) is 4.12. The molecule has 1 aromatic rings. The van der Waals surface area contributed by atoms with Gasteiger partial charge in [-0.15, -0.1) is 11.3 Å². The number of nitrogens with zero attached hydrogens (tertiary/aromatic N) is 2. The predicted molar refractivity (Wildman–Crippen MR) is 70.3 cm³/mol. The van der Waals surface area contributed by atoms with Crippen molar-refractivity contribution in [2.24, 2.45) is 0 Å². The molecule has 1 amide bonds. The number of hydrogen-bond acceptors (Lipinski definition) is 4. The van der Waals surface area contributed by atoms with Gasteiger partial charge in [0, 0.05) is 31.4 Å². The molecule has 4 nitrogen and oxygen atoms in total. The fourth-order valence-electron chi connectivity index (χ4n) is 1.86. The first-order valence-corrected chi connectivity index (χ1v) is 7.04. The van der Waals surface area contributed by atoms with Gasteiger partial charge in [0.1, 0.15) is 0 Å². The van der Waals surface area contributed by atoms with Crippen LogP contribution in [0.3, 0.4) is 0 Å². The zero-order chi connectivity index (χ0) is 12.3. The summed E-state index contributed by atoms with van der Waals surface area (Å²) in [6.45, 7) is 5.04. The number of rotatable bonds is 5. The van der Waals surface area contributed by atoms with E-state index in [1.54, 1.807) is 23.2 Å². The Morgan fingerprint density at radius 1 is 1.65 bits per heavy atom. The molecule has 1 saturated carbocycles. The van der Waals surface area contributed by atoms with Gasteiger partial charge in [-0.2, -0.15) is 0 Å². The SMILES string of the molecule is CCN(C(C)=O)c1nc(CNC2CCC2)cs1. The molecule has 1 fully saturated rings. The lowest BCUT2D eigenvalue weighted by molar-refractivity contribution is -0.116. The third-order valence-corrected chi connectivity index (χ3v) is 4.06. The van der Waals surface area contributed by atoms with Gasteiger partial charge < -0.3 is 5.32 Å². The lowest BCUT2D eigenvalue weighted by Crippen LogP contribution is -2.34. The fraction of sp³-hybridized carbons (Fsp3) is 0.667. The van der Waals surface area contributed by atoms with Gasteiger partial charge in [-0.25, -0.2) is 4.98 Å². The maximum Gasteiger partial charge on any atom is 0.225 e. The summed E-state index contributed by atoms with van der Waals surface area (Å²) in [4.78, 5) is 17.6. The van der Waals surface area contributed by atoms with Gasteiger partial charge in [-0.05, 0) is 19.8 Å². The van der Waals surface area contributed by atoms with E-state index in [2.05, 4.69) is 10.3 Å². The molecule has 2 rings (SSSR count). The number of thiazole rings is 1. The number of anilines is 1. The number of amides is 1. The van der Waals surface area contributed by atoms with Gasteiger partial charge in [-0.3, -0.25) is 9.69 Å². The Labute approximate surface area is 106 Å². The molecule has 0 radical (unpaired) electrons. The molecular formula is C12H19N3OS. The minimum Gasteiger partial charge on any atom is -0.308 e. The molecule has 94 valence electrons. The molecule has 0 spiro atoms. The molecular weight excluding hydrogens is 234 g/mol. The van der Waals surface area contributed by atoms with Crippen LogP contribution in [-0.2, 0) is 11.3 Å². The zero-order valence-electron chi connectivity index (χ0n) is 10.4. The molecule has 17 heavy (non-hydrogen) atoms. The molecule has 5 heteroatoms. The molecule has 1 aromatic heterocycles. The van der Waals surface area contributed by atoms with Crippen LogP contribution in [0.5, 0.6) is 0 Å². The molecule has 0 atom stereocenters. The van der Waals surface area contributed by atoms with Crippen LogP contribution < -0.4 is 10.2 Å². The molecule has 0 aliphatic heterocycles. The molecule has 0 unspecified atom stereocenters. The molecule has 1 N–H and O–H groups in total. The molecule has 1 aliphatic carbocycles. The highest BCUT2D eigenvalue weighted by Crippen LogP contribution is 2.22. The summed E-state index contributed by atoms with van der Waals surface area (Å²) >= 11 is 1.54. The van der Waals surface area contributed by atoms with Crippen LogP contribution in [0.15, 0.2) is 5.38 Å². The number of nitrogens with one attached hydrogen (secondary N) is 1. The van der Waals surface area contributed by atoms with Crippen molar-refractivity contribution < 1.29 is 4.79 Å². The van der Waals surface area contributed by atoms with Crippen molar-refractivity contribution in [1.29, 1.82) is 0 Å². The first kappa shape index (κ1) is 12.5. The van der Waals surface area contributed by atoms with Crippen LogP contribution in [0.4, 0.5) is 5.13 Å². The maximum atomic E-state index is 11.4. The molecule has 1 aliphatic rings. The topological polar surface area (TPSA) is 45.2 Å². The first-order chi connectivity index (χ1) is 8.20. The van der Waals surface area contributed by atoms with Crippen LogP contribution >= 0.6 is 11.3 Å². The summed E-state index contributed by atoms with van der Waals surface area (Å²) in [6.07, 6.45) is 3.91. The largest absolute Gasteiger partial charge is 0.308 e. The van der Waals surface area contributed by atoms with Gasteiger partial charge in [0.25, 0.3) is 0 Å². The Morgan fingerprint density at radius 2 is 2.41 bits per heavy atom. The summed E-state index contributed by atoms with van der Waals surface area (Å²) in [7, 11) is 0. The second-order valence-corrected chi connectivity index (χ2v) is 5.23. The van der Waals surface area contributed by atoms with Gasteiger partial charge in [0.05, 0.1) is 5.69 Å². The van der Waals surface area contributed by atoms with E-state index in [-0.39, 0.29) is 5.91 Å². The van der Waals surface area contributed by atoms with Crippen molar-refractivity contribution in [3.8, 4) is 0 Å². The summed E-state index contributed by atoms with van der Waals surface area (Å²) in [6, 6.07) is 0.676. The Hall–Kier alpha value is -0.940. The Balaban J connectivity index is 1.91. The summed E-state index contributed by atoms with van der Waals surface area (Å²) in [5.74, 6) is 0.0559. The molecule has 0 aromatic carbocycles. The number of carbonyl (C=O) groups excluding carboxylic acids is 1. The lowest BCUT2D eigenvalue weighted by atomic mass is 9.93. The van der Waals surface area contributed by atoms with E-state index in [0.29, 0.717) is 12.6 Å². The van der Waals surface area contributed by atoms with E-state index in [0.717, 1.165) is 17.4 Å². The van der Waals surface area contributed by atoms with E-state index in [1.807, 2.05) is 12.3 Å². The van der Waals surface area contributed by atoms with Crippen molar-refractivity contribution in [1.82, 2.24) is 10.3 Å². The van der Waals surface area contributed by atoms with Crippen molar-refractivity contribution in [2.75, 3.05) is 11.4 Å². The van der Waals surface area contributed by atoms with E-state index >= 15 is 0 Å². The second-order valence-electron chi connectivity index (χ2n) is 4.39. The first-order valence-electron chi connectivity index (χ1n) is 6.16. The van der Waals surface area contributed by atoms with E-state index in [4.69, 9.17) is 0 Å². The second kappa shape index (κ2) is 5.60. The average Bonchev–Trinajstić information content (AvgIpc) is 2.65. The highest BCUT2D eigenvalue weighted by Gasteiger charge is 2.17. The van der Waals surface area contributed by atoms with Gasteiger partial charge in [0.2, 0.25) is 5.91 Å². The normalized spacial score (nSPS) is 15.6. The van der Waals surface area contributed by atoms with E-state index in [9.17, 15) is 4.79 Å². The van der Waals surface area contributed by atoms with Crippen molar-refractivity contribution in [2.45, 2.75) is 45.7 Å². The smallest absolute Gasteiger partial charge is 0.225 e. The van der Waals surface area contributed by atoms with Crippen LogP contribution in [0.2, 0.25) is 0 Å². The Morgan fingerprint density at radius 3 is 2.94 bits per heavy atom. The zero-order valence-corrected chi connectivity index (χ0v) is 11.2. The van der Waals surface area contributed by atoms with E-state index in [1.165, 1.54) is 19.3 Å². The number of aromatic nitrogens is 1. The van der Waals surface area contributed by atoms with Crippen molar-refractivity contribution in [3.05, 3.63) is 11.1 Å². The third-order valence-electron chi connectivity index (χ3n) is 3.14. The third kappa shape index (κ3) is 3.04. The monoisotopic (exact) mass is 253 g/mol. The van der Waals surface area contributed by atoms with Gasteiger partial charge >= 0.3 is 0 Å². The van der Waals surface area contributed by atoms with Crippen molar-refractivity contribution in [3.63, 3.8) is 0 Å². The average molecular weight is 253 g/mol. The standard InChI is InChI=1S/C12H19N3OS/c1-3-15(9(2)16)12-14-11(8-17-12)7-13-10-5-4-6-10/h8,10,13H,3-7H2,1-2H3. The molecule has 1 heterocycles. The highest BCUT2D eigenvalue weighted by molar-refractivity contribution is 7.14. The van der Waals surface area contributed by atoms with Gasteiger partial charge in [-0.1, -0.05) is 6.42 Å². The highest BCUT2D eigenvalue weighted by atomic mass is 32.1. The summed E-state index contributed by atoms with van der Waals surface area (Å²) in [5.41, 5.74) is 1.04. The quantitative estimate of drug-likeness (QED) is 0.874. The summed E-state index contributed by atoms with van der Waals surface area (Å²) in [5, 5.41) is 6.32. The minimum atomic E-state index is 0.0559. The van der Waals surface area contributed by atoms with Crippen LogP contribution in [-0.4, -0.2) is 23.5 Å². The number of hydrogen-bond donors (Lipinski definition) is 1. The Bertz CT molecular complexity index is 387. The maximum absolute atomic E-state index is 11.4. The minimum absolute atomic E-state index is 0.0559. The fourth-order valence-corrected chi connectivity index (χ4v) is 2.79. The number of carbonyl (C=O) groups is 1. The van der Waals surface area contributed by atoms with Crippen LogP contribution in [0, 0.1) is 0 Å².